The van der Waals surface area contributed by atoms with Crippen LogP contribution >= 0.6 is 0 Å². The number of allylic oxidation sites excluding steroid dienone is 2. The zero-order valence-electron chi connectivity index (χ0n) is 11.3. The Labute approximate surface area is 100 Å². The molecule has 1 heteroatoms. The van der Waals surface area contributed by atoms with Crippen LogP contribution in [0.2, 0.25) is 0 Å². The molecule has 1 nitrogen and oxygen atoms in total. The van der Waals surface area contributed by atoms with E-state index in [9.17, 15) is 0 Å². The summed E-state index contributed by atoms with van der Waals surface area (Å²) < 4.78 is 5.48. The first-order chi connectivity index (χ1) is 7.50. The Kier molecular flexibility index (Phi) is 3.18. The van der Waals surface area contributed by atoms with Crippen molar-refractivity contribution in [3.05, 3.63) is 11.6 Å². The van der Waals surface area contributed by atoms with Crippen LogP contribution in [0.1, 0.15) is 52.9 Å². The molecule has 3 atom stereocenters. The van der Waals surface area contributed by atoms with Gasteiger partial charge in [-0.1, -0.05) is 31.9 Å². The molecule has 0 aliphatic heterocycles. The molecule has 1 fully saturated rings. The summed E-state index contributed by atoms with van der Waals surface area (Å²) in [5, 5.41) is 0. The Morgan fingerprint density at radius 2 is 2.12 bits per heavy atom. The summed E-state index contributed by atoms with van der Waals surface area (Å²) in [5.41, 5.74) is 2.44. The van der Waals surface area contributed by atoms with E-state index in [0.717, 1.165) is 12.5 Å². The zero-order chi connectivity index (χ0) is 11.8. The van der Waals surface area contributed by atoms with Crippen LogP contribution in [0.5, 0.6) is 0 Å². The van der Waals surface area contributed by atoms with Gasteiger partial charge in [-0.3, -0.25) is 0 Å². The average molecular weight is 222 g/mol. The highest BCUT2D eigenvalue weighted by molar-refractivity contribution is 5.16. The van der Waals surface area contributed by atoms with Gasteiger partial charge >= 0.3 is 0 Å². The van der Waals surface area contributed by atoms with E-state index in [4.69, 9.17) is 4.74 Å². The van der Waals surface area contributed by atoms with Gasteiger partial charge in [-0.25, -0.2) is 0 Å². The molecule has 2 aliphatic rings. The predicted molar refractivity (Wildman–Crippen MR) is 68.4 cm³/mol. The third kappa shape index (κ3) is 1.95. The van der Waals surface area contributed by atoms with Crippen LogP contribution in [-0.4, -0.2) is 13.7 Å². The van der Waals surface area contributed by atoms with Crippen LogP contribution in [0, 0.1) is 16.7 Å². The Morgan fingerprint density at radius 3 is 2.81 bits per heavy atom. The topological polar surface area (TPSA) is 9.23 Å². The van der Waals surface area contributed by atoms with Gasteiger partial charge in [-0.2, -0.15) is 0 Å². The van der Waals surface area contributed by atoms with Crippen molar-refractivity contribution in [3.8, 4) is 0 Å². The minimum absolute atomic E-state index is 0.402. The summed E-state index contributed by atoms with van der Waals surface area (Å²) in [6, 6.07) is 0. The van der Waals surface area contributed by atoms with Crippen LogP contribution < -0.4 is 0 Å². The maximum absolute atomic E-state index is 5.48. The fraction of sp³-hybridized carbons (Fsp3) is 0.867. The lowest BCUT2D eigenvalue weighted by Crippen LogP contribution is -2.46. The molecule has 1 saturated carbocycles. The number of fused-ring (bicyclic) bond motifs is 1. The van der Waals surface area contributed by atoms with E-state index in [1.54, 1.807) is 5.57 Å². The van der Waals surface area contributed by atoms with Gasteiger partial charge in [-0.05, 0) is 49.4 Å². The lowest BCUT2D eigenvalue weighted by molar-refractivity contribution is -0.0442. The van der Waals surface area contributed by atoms with Crippen molar-refractivity contribution in [1.82, 2.24) is 0 Å². The third-order valence-corrected chi connectivity index (χ3v) is 4.98. The van der Waals surface area contributed by atoms with Gasteiger partial charge in [0, 0.05) is 7.11 Å². The Morgan fingerprint density at radius 1 is 1.38 bits per heavy atom. The van der Waals surface area contributed by atoms with Crippen LogP contribution in [-0.2, 0) is 4.74 Å². The van der Waals surface area contributed by atoms with Crippen LogP contribution in [0.15, 0.2) is 11.6 Å². The van der Waals surface area contributed by atoms with E-state index >= 15 is 0 Å². The molecule has 0 bridgehead atoms. The van der Waals surface area contributed by atoms with Gasteiger partial charge in [0.25, 0.3) is 0 Å². The maximum Gasteiger partial charge on any atom is 0.0518 e. The molecular weight excluding hydrogens is 196 g/mol. The van der Waals surface area contributed by atoms with Crippen molar-refractivity contribution in [2.45, 2.75) is 52.9 Å². The predicted octanol–water partition coefficient (Wildman–Crippen LogP) is 4.19. The second-order valence-corrected chi connectivity index (χ2v) is 6.53. The van der Waals surface area contributed by atoms with Crippen molar-refractivity contribution in [1.29, 1.82) is 0 Å². The molecule has 0 radical (unpaired) electrons. The van der Waals surface area contributed by atoms with E-state index in [0.29, 0.717) is 10.8 Å². The number of ether oxygens (including phenoxy) is 1. The van der Waals surface area contributed by atoms with Crippen molar-refractivity contribution >= 4 is 0 Å². The molecule has 1 unspecified atom stereocenters. The van der Waals surface area contributed by atoms with Crippen LogP contribution in [0.25, 0.3) is 0 Å². The largest absolute Gasteiger partial charge is 0.384 e. The second-order valence-electron chi connectivity index (χ2n) is 6.53. The molecule has 0 heterocycles. The highest BCUT2D eigenvalue weighted by atomic mass is 16.5. The SMILES string of the molecule is COC[C@@]1(C)CCC[C@]2(C)C=C(C)CCC12. The molecule has 0 aromatic rings. The Bertz CT molecular complexity index is 290. The van der Waals surface area contributed by atoms with E-state index in [-0.39, 0.29) is 0 Å². The van der Waals surface area contributed by atoms with Crippen LogP contribution in [0.3, 0.4) is 0 Å². The number of hydrogen-bond donors (Lipinski definition) is 0. The highest BCUT2D eigenvalue weighted by Crippen LogP contribution is 2.56. The van der Waals surface area contributed by atoms with E-state index in [2.05, 4.69) is 26.8 Å². The minimum Gasteiger partial charge on any atom is -0.384 e. The van der Waals surface area contributed by atoms with Gasteiger partial charge in [0.15, 0.2) is 0 Å². The maximum atomic E-state index is 5.48. The summed E-state index contributed by atoms with van der Waals surface area (Å²) in [5.74, 6) is 0.817. The minimum atomic E-state index is 0.402. The summed E-state index contributed by atoms with van der Waals surface area (Å²) >= 11 is 0. The Hall–Kier alpha value is -0.300. The fourth-order valence-corrected chi connectivity index (χ4v) is 4.38. The normalized spacial score (nSPS) is 43.8. The quantitative estimate of drug-likeness (QED) is 0.637. The summed E-state index contributed by atoms with van der Waals surface area (Å²) in [7, 11) is 1.85. The first kappa shape index (κ1) is 12.2. The molecule has 0 N–H and O–H groups in total. The van der Waals surface area contributed by atoms with Gasteiger partial charge < -0.3 is 4.74 Å². The molecule has 0 aromatic heterocycles. The second kappa shape index (κ2) is 4.18. The molecule has 0 spiro atoms. The smallest absolute Gasteiger partial charge is 0.0518 e. The standard InChI is InChI=1S/C15H26O/c1-12-6-7-13-14(2,10-12)8-5-9-15(13,3)11-16-4/h10,13H,5-9,11H2,1-4H3/t13?,14-,15-/m1/s1. The van der Waals surface area contributed by atoms with Crippen molar-refractivity contribution in [3.63, 3.8) is 0 Å². The first-order valence-electron chi connectivity index (χ1n) is 6.67. The summed E-state index contributed by atoms with van der Waals surface area (Å²) in [6.07, 6.45) is 9.28. The first-order valence-corrected chi connectivity index (χ1v) is 6.67. The Balaban J connectivity index is 2.28. The van der Waals surface area contributed by atoms with Gasteiger partial charge in [0.1, 0.15) is 0 Å². The molecule has 0 aromatic carbocycles. The van der Waals surface area contributed by atoms with Crippen molar-refractivity contribution in [2.24, 2.45) is 16.7 Å². The summed E-state index contributed by atoms with van der Waals surface area (Å²) in [6.45, 7) is 8.13. The van der Waals surface area contributed by atoms with Crippen molar-refractivity contribution in [2.75, 3.05) is 13.7 Å². The molecule has 0 saturated heterocycles. The number of hydrogen-bond acceptors (Lipinski definition) is 1. The van der Waals surface area contributed by atoms with E-state index in [1.165, 1.54) is 32.1 Å². The average Bonchev–Trinajstić information content (AvgIpc) is 2.16. The molecule has 92 valence electrons. The van der Waals surface area contributed by atoms with Crippen LogP contribution in [0.4, 0.5) is 0 Å². The summed E-state index contributed by atoms with van der Waals surface area (Å²) in [4.78, 5) is 0. The zero-order valence-corrected chi connectivity index (χ0v) is 11.3. The molecule has 2 rings (SSSR count). The van der Waals surface area contributed by atoms with Gasteiger partial charge in [-0.15, -0.1) is 0 Å². The molecule has 2 aliphatic carbocycles. The van der Waals surface area contributed by atoms with Gasteiger partial charge in [0.2, 0.25) is 0 Å². The molecule has 16 heavy (non-hydrogen) atoms. The van der Waals surface area contributed by atoms with E-state index < -0.39 is 0 Å². The lowest BCUT2D eigenvalue weighted by Gasteiger charge is -2.53. The monoisotopic (exact) mass is 222 g/mol. The van der Waals surface area contributed by atoms with Gasteiger partial charge in [0.05, 0.1) is 6.61 Å². The fourth-order valence-electron chi connectivity index (χ4n) is 4.38. The van der Waals surface area contributed by atoms with E-state index in [1.807, 2.05) is 7.11 Å². The third-order valence-electron chi connectivity index (χ3n) is 4.98. The highest BCUT2D eigenvalue weighted by Gasteiger charge is 2.48. The molecule has 0 amide bonds. The number of rotatable bonds is 2. The number of methoxy groups -OCH3 is 1. The van der Waals surface area contributed by atoms with Crippen molar-refractivity contribution < 1.29 is 4.74 Å². The molecular formula is C15H26O. The lowest BCUT2D eigenvalue weighted by atomic mass is 9.52.